The van der Waals surface area contributed by atoms with Crippen LogP contribution >= 0.6 is 0 Å². The van der Waals surface area contributed by atoms with Crippen molar-refractivity contribution in [3.63, 3.8) is 0 Å². The number of alkyl carbamates (subject to hydrolysis) is 1. The molecule has 0 aromatic heterocycles. The van der Waals surface area contributed by atoms with Crippen LogP contribution in [0.1, 0.15) is 46.5 Å². The molecular weight excluding hydrogens is 698 g/mol. The first-order chi connectivity index (χ1) is 26.4. The van der Waals surface area contributed by atoms with Crippen molar-refractivity contribution < 1.29 is 38.1 Å². The number of allylic oxidation sites excluding steroid dienone is 3. The molecule has 0 aliphatic rings. The number of nitrogens with one attached hydrogen (secondary N) is 3. The fraction of sp³-hybridized carbons (Fsp3) is 0.273. The minimum absolute atomic E-state index is 0.0298. The van der Waals surface area contributed by atoms with Crippen LogP contribution in [0.5, 0.6) is 11.5 Å². The number of rotatable bonds is 18. The number of hydrogen-bond acceptors (Lipinski definition) is 8. The number of carbonyl (C=O) groups is 4. The number of methoxy groups -OCH3 is 1. The van der Waals surface area contributed by atoms with E-state index in [2.05, 4.69) is 41.2 Å². The number of hydrogen-bond donors (Lipinski definition) is 3. The van der Waals surface area contributed by atoms with Gasteiger partial charge in [0.1, 0.15) is 35.1 Å². The van der Waals surface area contributed by atoms with Crippen molar-refractivity contribution in [3.8, 4) is 22.6 Å². The van der Waals surface area contributed by atoms with E-state index in [9.17, 15) is 19.2 Å². The molecule has 55 heavy (non-hydrogen) atoms. The highest BCUT2D eigenvalue weighted by Gasteiger charge is 2.21. The molecule has 3 amide bonds. The first-order valence-electron chi connectivity index (χ1n) is 18.0. The van der Waals surface area contributed by atoms with E-state index < -0.39 is 29.5 Å². The SMILES string of the molecule is C=C/C=C(/NC(=O)/C(=C/CCCNC(=O)OC(C)(C)C)NC(=O)CCCOc1ccc2ccccc2c1-c1c(OCC=C)ccc2ccccc12)C(=O)OC. The Morgan fingerprint density at radius 1 is 0.764 bits per heavy atom. The van der Waals surface area contributed by atoms with E-state index in [1.54, 1.807) is 26.8 Å². The van der Waals surface area contributed by atoms with Crippen molar-refractivity contribution in [3.05, 3.63) is 122 Å². The minimum Gasteiger partial charge on any atom is -0.493 e. The van der Waals surface area contributed by atoms with Gasteiger partial charge in [0.15, 0.2) is 0 Å². The van der Waals surface area contributed by atoms with Gasteiger partial charge in [0, 0.05) is 24.1 Å². The lowest BCUT2D eigenvalue weighted by atomic mass is 9.92. The summed E-state index contributed by atoms with van der Waals surface area (Å²) < 4.78 is 22.6. The Labute approximate surface area is 322 Å². The lowest BCUT2D eigenvalue weighted by Gasteiger charge is -2.19. The third-order valence-corrected chi connectivity index (χ3v) is 8.05. The predicted octanol–water partition coefficient (Wildman–Crippen LogP) is 8.05. The molecule has 11 nitrogen and oxygen atoms in total. The van der Waals surface area contributed by atoms with Crippen molar-refractivity contribution in [2.75, 3.05) is 26.9 Å². The smallest absolute Gasteiger partial charge is 0.407 e. The van der Waals surface area contributed by atoms with E-state index in [-0.39, 0.29) is 31.0 Å². The van der Waals surface area contributed by atoms with Crippen molar-refractivity contribution in [1.82, 2.24) is 16.0 Å². The number of fused-ring (bicyclic) bond motifs is 2. The van der Waals surface area contributed by atoms with Gasteiger partial charge in [-0.1, -0.05) is 92.0 Å². The Morgan fingerprint density at radius 2 is 1.38 bits per heavy atom. The Balaban J connectivity index is 1.50. The maximum absolute atomic E-state index is 13.3. The molecule has 0 unspecified atom stereocenters. The molecule has 0 atom stereocenters. The maximum Gasteiger partial charge on any atom is 0.407 e. The molecule has 0 aliphatic heterocycles. The van der Waals surface area contributed by atoms with Gasteiger partial charge in [-0.25, -0.2) is 9.59 Å². The molecule has 0 bridgehead atoms. The summed E-state index contributed by atoms with van der Waals surface area (Å²) in [6.07, 6.45) is 6.40. The topological polar surface area (TPSA) is 141 Å². The number of amides is 3. The zero-order valence-electron chi connectivity index (χ0n) is 31.9. The highest BCUT2D eigenvalue weighted by Crippen LogP contribution is 2.45. The van der Waals surface area contributed by atoms with Gasteiger partial charge in [0.25, 0.3) is 5.91 Å². The monoisotopic (exact) mass is 747 g/mol. The first kappa shape index (κ1) is 41.4. The van der Waals surface area contributed by atoms with E-state index in [0.717, 1.165) is 32.7 Å². The van der Waals surface area contributed by atoms with Gasteiger partial charge >= 0.3 is 12.1 Å². The number of carbonyl (C=O) groups excluding carboxylic acids is 4. The zero-order valence-corrected chi connectivity index (χ0v) is 31.9. The Kier molecular flexibility index (Phi) is 15.2. The van der Waals surface area contributed by atoms with Gasteiger partial charge in [0.2, 0.25) is 5.91 Å². The van der Waals surface area contributed by atoms with Crippen LogP contribution in [0.3, 0.4) is 0 Å². The Morgan fingerprint density at radius 3 is 1.96 bits per heavy atom. The van der Waals surface area contributed by atoms with Crippen molar-refractivity contribution in [1.29, 1.82) is 0 Å². The maximum atomic E-state index is 13.3. The van der Waals surface area contributed by atoms with Crippen LogP contribution in [0.2, 0.25) is 0 Å². The summed E-state index contributed by atoms with van der Waals surface area (Å²) in [5.41, 5.74) is 0.901. The molecule has 0 aliphatic carbocycles. The van der Waals surface area contributed by atoms with E-state index in [4.69, 9.17) is 18.9 Å². The number of ether oxygens (including phenoxy) is 4. The lowest BCUT2D eigenvalue weighted by Crippen LogP contribution is -2.36. The largest absolute Gasteiger partial charge is 0.493 e. The molecule has 4 rings (SSSR count). The van der Waals surface area contributed by atoms with Gasteiger partial charge in [-0.3, -0.25) is 9.59 Å². The second kappa shape index (κ2) is 20.2. The van der Waals surface area contributed by atoms with Crippen LogP contribution in [-0.2, 0) is 23.9 Å². The van der Waals surface area contributed by atoms with E-state index >= 15 is 0 Å². The second-order valence-electron chi connectivity index (χ2n) is 13.4. The molecule has 0 heterocycles. The molecule has 0 spiro atoms. The van der Waals surface area contributed by atoms with Crippen molar-refractivity contribution in [2.24, 2.45) is 0 Å². The Bertz CT molecular complexity index is 2090. The molecule has 0 saturated carbocycles. The molecule has 0 fully saturated rings. The summed E-state index contributed by atoms with van der Waals surface area (Å²) in [6.45, 7) is 13.5. The van der Waals surface area contributed by atoms with Crippen molar-refractivity contribution >= 4 is 45.4 Å². The summed E-state index contributed by atoms with van der Waals surface area (Å²) >= 11 is 0. The van der Waals surface area contributed by atoms with Crippen LogP contribution in [0.15, 0.2) is 122 Å². The van der Waals surface area contributed by atoms with Gasteiger partial charge in [-0.15, -0.1) is 0 Å². The average molecular weight is 748 g/mol. The molecule has 0 saturated heterocycles. The molecule has 4 aromatic carbocycles. The molecule has 0 radical (unpaired) electrons. The predicted molar refractivity (Wildman–Crippen MR) is 215 cm³/mol. The third-order valence-electron chi connectivity index (χ3n) is 8.05. The standard InChI is InChI=1S/C44H49N3O8/c1-7-16-35(42(50)52-6)47-41(49)34(21-13-14-27-45-43(51)55-44(3,4)5)46-38(48)22-15-29-54-37-26-24-31-18-10-12-20-33(31)40(37)39-32-19-11-9-17-30(32)23-25-36(39)53-28-8-2/h7-12,16-21,23-26H,1-2,13-15,22,27-29H2,3-6H3,(H,45,51)(H,46,48)(H,47,49)/b34-21-,35-16+. The van der Waals surface area contributed by atoms with Crippen LogP contribution < -0.4 is 25.4 Å². The van der Waals surface area contributed by atoms with E-state index in [1.807, 2.05) is 60.7 Å². The van der Waals surface area contributed by atoms with Gasteiger partial charge in [-0.05, 0) is 79.8 Å². The van der Waals surface area contributed by atoms with Crippen LogP contribution in [0, 0.1) is 0 Å². The Hall–Kier alpha value is -6.36. The molecule has 11 heteroatoms. The lowest BCUT2D eigenvalue weighted by molar-refractivity contribution is -0.137. The summed E-state index contributed by atoms with van der Waals surface area (Å²) in [4.78, 5) is 50.7. The van der Waals surface area contributed by atoms with Crippen LogP contribution in [0.25, 0.3) is 32.7 Å². The average Bonchev–Trinajstić information content (AvgIpc) is 3.16. The first-order valence-corrected chi connectivity index (χ1v) is 18.0. The van der Waals surface area contributed by atoms with E-state index in [0.29, 0.717) is 37.4 Å². The number of esters is 1. The third kappa shape index (κ3) is 12.1. The molecular formula is C44H49N3O8. The van der Waals surface area contributed by atoms with Gasteiger partial charge < -0.3 is 34.9 Å². The second-order valence-corrected chi connectivity index (χ2v) is 13.4. The summed E-state index contributed by atoms with van der Waals surface area (Å²) in [5, 5.41) is 11.9. The highest BCUT2D eigenvalue weighted by atomic mass is 16.6. The fourth-order valence-corrected chi connectivity index (χ4v) is 5.67. The van der Waals surface area contributed by atoms with Crippen LogP contribution in [-0.4, -0.2) is 56.3 Å². The highest BCUT2D eigenvalue weighted by molar-refractivity contribution is 6.10. The number of benzene rings is 4. The normalized spacial score (nSPS) is 11.7. The summed E-state index contributed by atoms with van der Waals surface area (Å²) in [5.74, 6) is -0.627. The quantitative estimate of drug-likeness (QED) is 0.0305. The molecule has 288 valence electrons. The summed E-state index contributed by atoms with van der Waals surface area (Å²) in [6, 6.07) is 24.1. The van der Waals surface area contributed by atoms with E-state index in [1.165, 1.54) is 25.3 Å². The minimum atomic E-state index is -0.784. The van der Waals surface area contributed by atoms with Gasteiger partial charge in [0.05, 0.1) is 13.7 Å². The van der Waals surface area contributed by atoms with Crippen LogP contribution in [0.4, 0.5) is 4.79 Å². The van der Waals surface area contributed by atoms with Crippen molar-refractivity contribution in [2.45, 2.75) is 52.1 Å². The molecule has 3 N–H and O–H groups in total. The fourth-order valence-electron chi connectivity index (χ4n) is 5.67. The zero-order chi connectivity index (χ0) is 39.8. The number of unbranched alkanes of at least 4 members (excludes halogenated alkanes) is 1. The summed E-state index contributed by atoms with van der Waals surface area (Å²) in [7, 11) is 1.18. The molecule has 4 aromatic rings. The van der Waals surface area contributed by atoms with Gasteiger partial charge in [-0.2, -0.15) is 0 Å².